The number of ether oxygens (including phenoxy) is 3. The van der Waals surface area contributed by atoms with E-state index in [2.05, 4.69) is 9.62 Å². The fourth-order valence-corrected chi connectivity index (χ4v) is 4.63. The Hall–Kier alpha value is -2.13. The van der Waals surface area contributed by atoms with Gasteiger partial charge in [0.05, 0.1) is 32.3 Å². The van der Waals surface area contributed by atoms with Crippen LogP contribution in [0.2, 0.25) is 0 Å². The molecular weight excluding hydrogens is 392 g/mol. The lowest BCUT2D eigenvalue weighted by molar-refractivity contribution is 0.0341. The fourth-order valence-electron chi connectivity index (χ4n) is 3.39. The average Bonchev–Trinajstić information content (AvgIpc) is 2.73. The second kappa shape index (κ2) is 9.58. The maximum atomic E-state index is 13.0. The normalized spacial score (nSPS) is 15.3. The highest BCUT2D eigenvalue weighted by Gasteiger charge is 2.21. The van der Waals surface area contributed by atoms with Gasteiger partial charge in [-0.05, 0) is 29.7 Å². The number of nitrogens with zero attached hydrogens (tertiary/aromatic N) is 1. The zero-order chi connectivity index (χ0) is 20.9. The van der Waals surface area contributed by atoms with E-state index in [4.69, 9.17) is 14.2 Å². The summed E-state index contributed by atoms with van der Waals surface area (Å²) in [4.78, 5) is 2.50. The lowest BCUT2D eigenvalue weighted by atomic mass is 10.1. The van der Waals surface area contributed by atoms with Crippen LogP contribution in [0.5, 0.6) is 11.5 Å². The van der Waals surface area contributed by atoms with Crippen LogP contribution in [-0.4, -0.2) is 53.8 Å². The Labute approximate surface area is 172 Å². The van der Waals surface area contributed by atoms with E-state index >= 15 is 0 Å². The van der Waals surface area contributed by atoms with Gasteiger partial charge in [0.25, 0.3) is 0 Å². The van der Waals surface area contributed by atoms with E-state index in [1.54, 1.807) is 13.0 Å². The number of nitrogens with one attached hydrogen (secondary N) is 1. The number of rotatable bonds is 8. The van der Waals surface area contributed by atoms with Crippen LogP contribution in [0.4, 0.5) is 0 Å². The minimum absolute atomic E-state index is 0.181. The van der Waals surface area contributed by atoms with E-state index < -0.39 is 10.0 Å². The molecule has 3 rings (SSSR count). The Morgan fingerprint density at radius 1 is 1.03 bits per heavy atom. The zero-order valence-corrected chi connectivity index (χ0v) is 17.9. The summed E-state index contributed by atoms with van der Waals surface area (Å²) in [7, 11) is -0.708. The molecule has 0 aromatic heterocycles. The van der Waals surface area contributed by atoms with Crippen LogP contribution < -0.4 is 14.2 Å². The second-order valence-electron chi connectivity index (χ2n) is 6.95. The molecule has 0 amide bonds. The number of benzene rings is 2. The molecule has 1 heterocycles. The Kier molecular flexibility index (Phi) is 7.13. The minimum Gasteiger partial charge on any atom is -0.493 e. The van der Waals surface area contributed by atoms with Crippen LogP contribution in [0.1, 0.15) is 16.7 Å². The van der Waals surface area contributed by atoms with E-state index in [0.717, 1.165) is 44.0 Å². The molecule has 0 bridgehead atoms. The Morgan fingerprint density at radius 2 is 1.66 bits per heavy atom. The first kappa shape index (κ1) is 21.6. The lowest BCUT2D eigenvalue weighted by Gasteiger charge is -2.27. The number of methoxy groups -OCH3 is 2. The molecule has 2 aromatic rings. The van der Waals surface area contributed by atoms with Crippen molar-refractivity contribution in [2.24, 2.45) is 0 Å². The first-order valence-corrected chi connectivity index (χ1v) is 11.0. The van der Waals surface area contributed by atoms with E-state index in [-0.39, 0.29) is 11.4 Å². The number of sulfonamides is 1. The summed E-state index contributed by atoms with van der Waals surface area (Å²) in [5, 5.41) is 0. The average molecular weight is 421 g/mol. The van der Waals surface area contributed by atoms with Crippen molar-refractivity contribution in [2.45, 2.75) is 24.9 Å². The van der Waals surface area contributed by atoms with E-state index in [0.29, 0.717) is 17.1 Å². The molecule has 0 aliphatic carbocycles. The summed E-state index contributed by atoms with van der Waals surface area (Å²) >= 11 is 0. The van der Waals surface area contributed by atoms with Crippen molar-refractivity contribution in [3.63, 3.8) is 0 Å². The highest BCUT2D eigenvalue weighted by Crippen LogP contribution is 2.32. The van der Waals surface area contributed by atoms with Gasteiger partial charge in [0, 0.05) is 32.2 Å². The predicted octanol–water partition coefficient (Wildman–Crippen LogP) is 2.32. The van der Waals surface area contributed by atoms with Crippen molar-refractivity contribution < 1.29 is 22.6 Å². The number of hydrogen-bond donors (Lipinski definition) is 1. The van der Waals surface area contributed by atoms with Gasteiger partial charge in [0.2, 0.25) is 10.0 Å². The minimum atomic E-state index is -3.72. The van der Waals surface area contributed by atoms with Crippen LogP contribution >= 0.6 is 0 Å². The van der Waals surface area contributed by atoms with Gasteiger partial charge < -0.3 is 14.2 Å². The predicted molar refractivity (Wildman–Crippen MR) is 111 cm³/mol. The zero-order valence-electron chi connectivity index (χ0n) is 17.1. The SMILES string of the molecule is COc1cc(C)c(S(=O)(=O)NCc2ccccc2CN2CCOCC2)cc1OC. The van der Waals surface area contributed by atoms with Crippen molar-refractivity contribution in [3.05, 3.63) is 53.1 Å². The molecule has 7 nitrogen and oxygen atoms in total. The van der Waals surface area contributed by atoms with Crippen LogP contribution in [0.15, 0.2) is 41.3 Å². The van der Waals surface area contributed by atoms with Crippen molar-refractivity contribution in [3.8, 4) is 11.5 Å². The van der Waals surface area contributed by atoms with Crippen LogP contribution in [-0.2, 0) is 27.8 Å². The van der Waals surface area contributed by atoms with Crippen molar-refractivity contribution in [2.75, 3.05) is 40.5 Å². The molecule has 1 saturated heterocycles. The Balaban J connectivity index is 1.77. The van der Waals surface area contributed by atoms with Gasteiger partial charge in [-0.15, -0.1) is 0 Å². The summed E-state index contributed by atoms with van der Waals surface area (Å²) in [5.74, 6) is 0.881. The molecular formula is C21H28N2O5S. The van der Waals surface area contributed by atoms with Gasteiger partial charge in [-0.1, -0.05) is 24.3 Å². The van der Waals surface area contributed by atoms with E-state index in [1.165, 1.54) is 20.3 Å². The van der Waals surface area contributed by atoms with Gasteiger partial charge in [0.15, 0.2) is 11.5 Å². The maximum Gasteiger partial charge on any atom is 0.241 e. The van der Waals surface area contributed by atoms with Gasteiger partial charge in [-0.2, -0.15) is 0 Å². The molecule has 0 spiro atoms. The topological polar surface area (TPSA) is 77.1 Å². The highest BCUT2D eigenvalue weighted by atomic mass is 32.2. The standard InChI is InChI=1S/C21H28N2O5S/c1-16-12-19(26-2)20(27-3)13-21(16)29(24,25)22-14-17-6-4-5-7-18(17)15-23-8-10-28-11-9-23/h4-7,12-13,22H,8-11,14-15H2,1-3H3. The molecule has 8 heteroatoms. The van der Waals surface area contributed by atoms with Crippen LogP contribution in [0, 0.1) is 6.92 Å². The van der Waals surface area contributed by atoms with E-state index in [1.807, 2.05) is 24.3 Å². The van der Waals surface area contributed by atoms with E-state index in [9.17, 15) is 8.42 Å². The molecule has 1 N–H and O–H groups in total. The maximum absolute atomic E-state index is 13.0. The Bertz CT molecular complexity index is 940. The quantitative estimate of drug-likeness (QED) is 0.706. The van der Waals surface area contributed by atoms with Gasteiger partial charge >= 0.3 is 0 Å². The van der Waals surface area contributed by atoms with Crippen molar-refractivity contribution in [1.29, 1.82) is 0 Å². The van der Waals surface area contributed by atoms with Crippen LogP contribution in [0.3, 0.4) is 0 Å². The molecule has 2 aromatic carbocycles. The third-order valence-electron chi connectivity index (χ3n) is 5.04. The van der Waals surface area contributed by atoms with Crippen molar-refractivity contribution in [1.82, 2.24) is 9.62 Å². The van der Waals surface area contributed by atoms with Gasteiger partial charge in [-0.3, -0.25) is 4.90 Å². The number of aryl methyl sites for hydroxylation is 1. The highest BCUT2D eigenvalue weighted by molar-refractivity contribution is 7.89. The fraction of sp³-hybridized carbons (Fsp3) is 0.429. The number of hydrogen-bond acceptors (Lipinski definition) is 6. The molecule has 0 radical (unpaired) electrons. The third-order valence-corrected chi connectivity index (χ3v) is 6.58. The summed E-state index contributed by atoms with van der Waals surface area (Å²) in [6.07, 6.45) is 0. The molecule has 0 atom stereocenters. The first-order chi connectivity index (χ1) is 13.9. The summed E-state index contributed by atoms with van der Waals surface area (Å²) < 4.78 is 44.6. The number of morpholine rings is 1. The molecule has 0 unspecified atom stereocenters. The Morgan fingerprint density at radius 3 is 2.31 bits per heavy atom. The molecule has 1 aliphatic heterocycles. The largest absolute Gasteiger partial charge is 0.493 e. The summed E-state index contributed by atoms with van der Waals surface area (Å²) in [5.41, 5.74) is 2.67. The first-order valence-electron chi connectivity index (χ1n) is 9.54. The lowest BCUT2D eigenvalue weighted by Crippen LogP contribution is -2.36. The molecule has 158 valence electrons. The van der Waals surface area contributed by atoms with Crippen molar-refractivity contribution >= 4 is 10.0 Å². The van der Waals surface area contributed by atoms with Gasteiger partial charge in [0.1, 0.15) is 0 Å². The summed E-state index contributed by atoms with van der Waals surface area (Å²) in [6.45, 7) is 5.95. The molecule has 1 fully saturated rings. The molecule has 1 aliphatic rings. The third kappa shape index (κ3) is 5.27. The summed E-state index contributed by atoms with van der Waals surface area (Å²) in [6, 6.07) is 11.1. The second-order valence-corrected chi connectivity index (χ2v) is 8.69. The van der Waals surface area contributed by atoms with Gasteiger partial charge in [-0.25, -0.2) is 13.1 Å². The molecule has 0 saturated carbocycles. The smallest absolute Gasteiger partial charge is 0.241 e. The molecule has 29 heavy (non-hydrogen) atoms. The van der Waals surface area contributed by atoms with Crippen LogP contribution in [0.25, 0.3) is 0 Å². The monoisotopic (exact) mass is 420 g/mol.